The third kappa shape index (κ3) is 2.42. The first-order valence-electron chi connectivity index (χ1n) is 6.60. The van der Waals surface area contributed by atoms with Crippen LogP contribution in [0.2, 0.25) is 0 Å². The lowest BCUT2D eigenvalue weighted by Crippen LogP contribution is -2.30. The van der Waals surface area contributed by atoms with E-state index in [1.165, 1.54) is 16.7 Å². The first kappa shape index (κ1) is 13.8. The zero-order valence-corrected chi connectivity index (χ0v) is 11.4. The number of hydrogen-bond acceptors (Lipinski definition) is 3. The molecule has 6 heteroatoms. The summed E-state index contributed by atoms with van der Waals surface area (Å²) in [6.45, 7) is 0.246. The molecule has 0 saturated carbocycles. The Morgan fingerprint density at radius 3 is 2.41 bits per heavy atom. The Bertz CT molecular complexity index is 968. The molecule has 1 aromatic heterocycles. The number of nitrogens with zero attached hydrogens (tertiary/aromatic N) is 1. The number of para-hydroxylation sites is 1. The van der Waals surface area contributed by atoms with Crippen molar-refractivity contribution in [2.45, 2.75) is 6.54 Å². The van der Waals surface area contributed by atoms with E-state index in [1.807, 2.05) is 0 Å². The van der Waals surface area contributed by atoms with Gasteiger partial charge in [-0.15, -0.1) is 0 Å². The van der Waals surface area contributed by atoms with Crippen LogP contribution < -0.4 is 11.2 Å². The van der Waals surface area contributed by atoms with Crippen LogP contribution in [0.15, 0.2) is 58.1 Å². The summed E-state index contributed by atoms with van der Waals surface area (Å²) in [5, 5.41) is 9.32. The summed E-state index contributed by atoms with van der Waals surface area (Å²) in [6, 6.07) is 13.1. The third-order valence-corrected chi connectivity index (χ3v) is 3.45. The third-order valence-electron chi connectivity index (χ3n) is 3.45. The van der Waals surface area contributed by atoms with Crippen molar-refractivity contribution in [3.8, 4) is 0 Å². The van der Waals surface area contributed by atoms with E-state index in [0.29, 0.717) is 10.9 Å². The number of H-pyrrole nitrogens is 1. The van der Waals surface area contributed by atoms with Gasteiger partial charge >= 0.3 is 11.7 Å². The van der Waals surface area contributed by atoms with Gasteiger partial charge in [0.05, 0.1) is 23.0 Å². The van der Waals surface area contributed by atoms with Gasteiger partial charge in [0.25, 0.3) is 5.56 Å². The van der Waals surface area contributed by atoms with E-state index in [0.717, 1.165) is 5.56 Å². The summed E-state index contributed by atoms with van der Waals surface area (Å²) >= 11 is 0. The van der Waals surface area contributed by atoms with Crippen LogP contribution in [0.5, 0.6) is 0 Å². The van der Waals surface area contributed by atoms with Gasteiger partial charge in [-0.3, -0.25) is 14.3 Å². The van der Waals surface area contributed by atoms with Crippen molar-refractivity contribution in [2.75, 3.05) is 0 Å². The molecule has 0 radical (unpaired) electrons. The fourth-order valence-electron chi connectivity index (χ4n) is 2.33. The van der Waals surface area contributed by atoms with Crippen molar-refractivity contribution in [3.63, 3.8) is 0 Å². The van der Waals surface area contributed by atoms with Crippen LogP contribution in [-0.4, -0.2) is 20.6 Å². The molecule has 2 N–H and O–H groups in total. The minimum absolute atomic E-state index is 0.183. The van der Waals surface area contributed by atoms with Crippen molar-refractivity contribution >= 4 is 16.9 Å². The van der Waals surface area contributed by atoms with Gasteiger partial charge < -0.3 is 5.11 Å². The number of hydrogen-bond donors (Lipinski definition) is 2. The number of aromatic nitrogens is 2. The molecule has 0 atom stereocenters. The van der Waals surface area contributed by atoms with E-state index in [1.54, 1.807) is 36.4 Å². The number of carboxylic acids is 1. The number of nitrogens with one attached hydrogen (secondary N) is 1. The molecule has 22 heavy (non-hydrogen) atoms. The van der Waals surface area contributed by atoms with Crippen molar-refractivity contribution in [2.24, 2.45) is 0 Å². The maximum atomic E-state index is 12.0. The Balaban J connectivity index is 2.09. The van der Waals surface area contributed by atoms with Gasteiger partial charge in [0, 0.05) is 0 Å². The summed E-state index contributed by atoms with van der Waals surface area (Å²) in [6.07, 6.45) is 0. The lowest BCUT2D eigenvalue weighted by Gasteiger charge is -2.09. The highest BCUT2D eigenvalue weighted by atomic mass is 16.4. The predicted octanol–water partition coefficient (Wildman–Crippen LogP) is 1.44. The van der Waals surface area contributed by atoms with Gasteiger partial charge in [0.2, 0.25) is 0 Å². The minimum Gasteiger partial charge on any atom is -0.478 e. The van der Waals surface area contributed by atoms with Crippen LogP contribution in [0.3, 0.4) is 0 Å². The van der Waals surface area contributed by atoms with E-state index < -0.39 is 17.2 Å². The SMILES string of the molecule is O=C(O)c1ccc(Cn2c(=O)[nH]c(=O)c3ccccc32)cc1. The normalized spacial score (nSPS) is 10.7. The molecule has 0 amide bonds. The van der Waals surface area contributed by atoms with E-state index in [4.69, 9.17) is 5.11 Å². The molecule has 0 aliphatic carbocycles. The predicted molar refractivity (Wildman–Crippen MR) is 81.3 cm³/mol. The lowest BCUT2D eigenvalue weighted by atomic mass is 10.1. The number of aromatic amines is 1. The van der Waals surface area contributed by atoms with Crippen LogP contribution in [0.1, 0.15) is 15.9 Å². The number of carbonyl (C=O) groups is 1. The topological polar surface area (TPSA) is 92.2 Å². The molecule has 0 fully saturated rings. The van der Waals surface area contributed by atoms with Gasteiger partial charge in [-0.25, -0.2) is 9.59 Å². The highest BCUT2D eigenvalue weighted by Crippen LogP contribution is 2.10. The van der Waals surface area contributed by atoms with Crippen LogP contribution in [0.4, 0.5) is 0 Å². The maximum absolute atomic E-state index is 12.0. The average molecular weight is 296 g/mol. The average Bonchev–Trinajstić information content (AvgIpc) is 2.52. The minimum atomic E-state index is -1.00. The largest absolute Gasteiger partial charge is 0.478 e. The van der Waals surface area contributed by atoms with Crippen molar-refractivity contribution in [1.29, 1.82) is 0 Å². The van der Waals surface area contributed by atoms with Crippen molar-refractivity contribution in [3.05, 3.63) is 80.5 Å². The summed E-state index contributed by atoms with van der Waals surface area (Å²) in [4.78, 5) is 37.0. The van der Waals surface area contributed by atoms with Gasteiger partial charge in [0.15, 0.2) is 0 Å². The molecule has 0 saturated heterocycles. The molecule has 1 heterocycles. The Labute approximate surface area is 124 Å². The van der Waals surface area contributed by atoms with Gasteiger partial charge in [0.1, 0.15) is 0 Å². The number of aromatic carboxylic acids is 1. The van der Waals surface area contributed by atoms with Crippen LogP contribution in [0.25, 0.3) is 10.9 Å². The zero-order chi connectivity index (χ0) is 15.7. The highest BCUT2D eigenvalue weighted by molar-refractivity contribution is 5.87. The first-order chi connectivity index (χ1) is 10.6. The van der Waals surface area contributed by atoms with E-state index in [-0.39, 0.29) is 12.1 Å². The standard InChI is InChI=1S/C16H12N2O4/c19-14-12-3-1-2-4-13(12)18(16(22)17-14)9-10-5-7-11(8-6-10)15(20)21/h1-8H,9H2,(H,20,21)(H,17,19,22). The molecule has 110 valence electrons. The monoisotopic (exact) mass is 296 g/mol. The summed E-state index contributed by atoms with van der Waals surface area (Å²) in [5.74, 6) is -1.00. The quantitative estimate of drug-likeness (QED) is 0.765. The number of rotatable bonds is 3. The number of benzene rings is 2. The van der Waals surface area contributed by atoms with Gasteiger partial charge in [-0.1, -0.05) is 24.3 Å². The molecule has 6 nitrogen and oxygen atoms in total. The second-order valence-electron chi connectivity index (χ2n) is 4.86. The van der Waals surface area contributed by atoms with Crippen LogP contribution >= 0.6 is 0 Å². The number of carboxylic acid groups (broad SMARTS) is 1. The van der Waals surface area contributed by atoms with Crippen LogP contribution in [0, 0.1) is 0 Å². The molecule has 0 spiro atoms. The molecule has 0 aliphatic rings. The zero-order valence-electron chi connectivity index (χ0n) is 11.4. The Morgan fingerprint density at radius 1 is 1.05 bits per heavy atom. The van der Waals surface area contributed by atoms with E-state index in [2.05, 4.69) is 4.98 Å². The molecular weight excluding hydrogens is 284 g/mol. The molecule has 3 rings (SSSR count). The lowest BCUT2D eigenvalue weighted by molar-refractivity contribution is 0.0697. The van der Waals surface area contributed by atoms with Crippen molar-refractivity contribution < 1.29 is 9.90 Å². The molecule has 2 aromatic carbocycles. The van der Waals surface area contributed by atoms with Crippen LogP contribution in [-0.2, 0) is 6.54 Å². The smallest absolute Gasteiger partial charge is 0.335 e. The van der Waals surface area contributed by atoms with E-state index in [9.17, 15) is 14.4 Å². The Kier molecular flexibility index (Phi) is 3.34. The molecular formula is C16H12N2O4. The molecule has 0 unspecified atom stereocenters. The fraction of sp³-hybridized carbons (Fsp3) is 0.0625. The summed E-state index contributed by atoms with van der Waals surface area (Å²) in [5.41, 5.74) is 0.578. The van der Waals surface area contributed by atoms with E-state index >= 15 is 0 Å². The van der Waals surface area contributed by atoms with Gasteiger partial charge in [-0.05, 0) is 29.8 Å². The Hall–Kier alpha value is -3.15. The summed E-state index contributed by atoms with van der Waals surface area (Å²) in [7, 11) is 0. The van der Waals surface area contributed by atoms with Gasteiger partial charge in [-0.2, -0.15) is 0 Å². The fourth-order valence-corrected chi connectivity index (χ4v) is 2.33. The maximum Gasteiger partial charge on any atom is 0.335 e. The summed E-state index contributed by atoms with van der Waals surface area (Å²) < 4.78 is 1.45. The Morgan fingerprint density at radius 2 is 1.73 bits per heavy atom. The second kappa shape index (κ2) is 5.33. The molecule has 3 aromatic rings. The first-order valence-corrected chi connectivity index (χ1v) is 6.60. The molecule has 0 bridgehead atoms. The second-order valence-corrected chi connectivity index (χ2v) is 4.86. The van der Waals surface area contributed by atoms with Crippen molar-refractivity contribution in [1.82, 2.24) is 9.55 Å². The molecule has 0 aliphatic heterocycles. The highest BCUT2D eigenvalue weighted by Gasteiger charge is 2.08. The number of fused-ring (bicyclic) bond motifs is 1.